The van der Waals surface area contributed by atoms with E-state index in [4.69, 9.17) is 5.73 Å². The zero-order valence-electron chi connectivity index (χ0n) is 12.7. The first-order valence-electron chi connectivity index (χ1n) is 8.53. The van der Waals surface area contributed by atoms with Gasteiger partial charge in [0.2, 0.25) is 0 Å². The minimum absolute atomic E-state index is 0.849. The van der Waals surface area contributed by atoms with E-state index >= 15 is 0 Å². The fourth-order valence-corrected chi connectivity index (χ4v) is 3.65. The highest BCUT2D eigenvalue weighted by Crippen LogP contribution is 2.24. The first kappa shape index (κ1) is 15.3. The summed E-state index contributed by atoms with van der Waals surface area (Å²) in [4.78, 5) is 5.38. The van der Waals surface area contributed by atoms with Gasteiger partial charge in [-0.15, -0.1) is 0 Å². The van der Waals surface area contributed by atoms with Crippen LogP contribution in [0.15, 0.2) is 0 Å². The van der Waals surface area contributed by atoms with E-state index in [1.165, 1.54) is 90.6 Å². The molecule has 1 aliphatic carbocycles. The van der Waals surface area contributed by atoms with Crippen molar-refractivity contribution in [3.8, 4) is 0 Å². The average molecular weight is 267 g/mol. The second-order valence-corrected chi connectivity index (χ2v) is 6.50. The molecule has 1 aliphatic heterocycles. The number of rotatable bonds is 6. The van der Waals surface area contributed by atoms with Crippen molar-refractivity contribution >= 4 is 0 Å². The SMILES string of the molecule is NCCCCN1CCCN(CC2CCCCC2)CC1. The first-order chi connectivity index (χ1) is 9.38. The van der Waals surface area contributed by atoms with E-state index in [0.717, 1.165) is 12.5 Å². The van der Waals surface area contributed by atoms with Crippen LogP contribution in [0.1, 0.15) is 51.4 Å². The molecule has 19 heavy (non-hydrogen) atoms. The Hall–Kier alpha value is -0.120. The van der Waals surface area contributed by atoms with E-state index in [0.29, 0.717) is 0 Å². The second kappa shape index (κ2) is 8.93. The molecule has 0 amide bonds. The molecule has 3 heteroatoms. The molecule has 0 spiro atoms. The van der Waals surface area contributed by atoms with Gasteiger partial charge in [-0.2, -0.15) is 0 Å². The fourth-order valence-electron chi connectivity index (χ4n) is 3.65. The van der Waals surface area contributed by atoms with E-state index in [1.54, 1.807) is 0 Å². The molecule has 0 unspecified atom stereocenters. The lowest BCUT2D eigenvalue weighted by molar-refractivity contribution is 0.201. The Labute approximate surface area is 119 Å². The van der Waals surface area contributed by atoms with Gasteiger partial charge in [0.25, 0.3) is 0 Å². The third-order valence-electron chi connectivity index (χ3n) is 4.85. The van der Waals surface area contributed by atoms with Crippen LogP contribution in [0.3, 0.4) is 0 Å². The second-order valence-electron chi connectivity index (χ2n) is 6.50. The Kier molecular flexibility index (Phi) is 7.18. The average Bonchev–Trinajstić information content (AvgIpc) is 2.66. The lowest BCUT2D eigenvalue weighted by Gasteiger charge is -2.28. The van der Waals surface area contributed by atoms with Crippen LogP contribution in [0.4, 0.5) is 0 Å². The largest absolute Gasteiger partial charge is 0.330 e. The Morgan fingerprint density at radius 1 is 0.789 bits per heavy atom. The van der Waals surface area contributed by atoms with E-state index in [-0.39, 0.29) is 0 Å². The zero-order chi connectivity index (χ0) is 13.3. The summed E-state index contributed by atoms with van der Waals surface area (Å²) in [5, 5.41) is 0. The molecule has 0 aromatic carbocycles. The van der Waals surface area contributed by atoms with Gasteiger partial charge in [0.15, 0.2) is 0 Å². The molecule has 2 N–H and O–H groups in total. The molecule has 1 heterocycles. The lowest BCUT2D eigenvalue weighted by atomic mass is 9.89. The predicted octanol–water partition coefficient (Wildman–Crippen LogP) is 2.31. The van der Waals surface area contributed by atoms with E-state index in [9.17, 15) is 0 Å². The Balaban J connectivity index is 1.64. The van der Waals surface area contributed by atoms with E-state index in [2.05, 4.69) is 9.80 Å². The maximum absolute atomic E-state index is 5.57. The first-order valence-corrected chi connectivity index (χ1v) is 8.53. The van der Waals surface area contributed by atoms with Crippen LogP contribution in [0.25, 0.3) is 0 Å². The molecule has 0 aromatic heterocycles. The number of hydrogen-bond donors (Lipinski definition) is 1. The minimum atomic E-state index is 0.849. The molecule has 0 radical (unpaired) electrons. The highest BCUT2D eigenvalue weighted by Gasteiger charge is 2.19. The third kappa shape index (κ3) is 5.80. The maximum Gasteiger partial charge on any atom is 0.0109 e. The fraction of sp³-hybridized carbons (Fsp3) is 1.00. The van der Waals surface area contributed by atoms with Crippen molar-refractivity contribution in [3.05, 3.63) is 0 Å². The topological polar surface area (TPSA) is 32.5 Å². The van der Waals surface area contributed by atoms with Crippen LogP contribution in [-0.2, 0) is 0 Å². The molecule has 0 aromatic rings. The van der Waals surface area contributed by atoms with Gasteiger partial charge in [-0.1, -0.05) is 19.3 Å². The third-order valence-corrected chi connectivity index (χ3v) is 4.85. The van der Waals surface area contributed by atoms with Crippen LogP contribution in [-0.4, -0.2) is 55.6 Å². The molecule has 1 saturated carbocycles. The molecule has 112 valence electrons. The minimum Gasteiger partial charge on any atom is -0.330 e. The summed E-state index contributed by atoms with van der Waals surface area (Å²) in [5.41, 5.74) is 5.57. The highest BCUT2D eigenvalue weighted by molar-refractivity contribution is 4.74. The molecule has 0 atom stereocenters. The smallest absolute Gasteiger partial charge is 0.0109 e. The van der Waals surface area contributed by atoms with Gasteiger partial charge >= 0.3 is 0 Å². The summed E-state index contributed by atoms with van der Waals surface area (Å²) < 4.78 is 0. The molecule has 2 rings (SSSR count). The summed E-state index contributed by atoms with van der Waals surface area (Å²) >= 11 is 0. The van der Waals surface area contributed by atoms with Crippen molar-refractivity contribution in [2.75, 3.05) is 45.8 Å². The normalized spacial score (nSPS) is 24.5. The van der Waals surface area contributed by atoms with Crippen LogP contribution in [0, 0.1) is 5.92 Å². The summed E-state index contributed by atoms with van der Waals surface area (Å²) in [6, 6.07) is 0. The molecule has 2 aliphatic rings. The monoisotopic (exact) mass is 267 g/mol. The Bertz CT molecular complexity index is 226. The molecule has 2 fully saturated rings. The van der Waals surface area contributed by atoms with Gasteiger partial charge < -0.3 is 15.5 Å². The summed E-state index contributed by atoms with van der Waals surface area (Å²) in [7, 11) is 0. The number of unbranched alkanes of at least 4 members (excludes halogenated alkanes) is 1. The summed E-state index contributed by atoms with van der Waals surface area (Å²) in [6.45, 7) is 8.67. The van der Waals surface area contributed by atoms with Gasteiger partial charge in [-0.05, 0) is 64.2 Å². The van der Waals surface area contributed by atoms with Crippen molar-refractivity contribution < 1.29 is 0 Å². The van der Waals surface area contributed by atoms with E-state index in [1.807, 2.05) is 0 Å². The van der Waals surface area contributed by atoms with Crippen molar-refractivity contribution in [3.63, 3.8) is 0 Å². The number of hydrogen-bond acceptors (Lipinski definition) is 3. The van der Waals surface area contributed by atoms with Crippen LogP contribution < -0.4 is 5.73 Å². The molecule has 3 nitrogen and oxygen atoms in total. The van der Waals surface area contributed by atoms with Crippen LogP contribution >= 0.6 is 0 Å². The van der Waals surface area contributed by atoms with Crippen LogP contribution in [0.2, 0.25) is 0 Å². The summed E-state index contributed by atoms with van der Waals surface area (Å²) in [5.74, 6) is 0.998. The van der Waals surface area contributed by atoms with Crippen molar-refractivity contribution in [2.45, 2.75) is 51.4 Å². The van der Waals surface area contributed by atoms with Gasteiger partial charge in [0, 0.05) is 19.6 Å². The molecular weight excluding hydrogens is 234 g/mol. The van der Waals surface area contributed by atoms with E-state index < -0.39 is 0 Å². The molecular formula is C16H33N3. The van der Waals surface area contributed by atoms with Gasteiger partial charge in [0.1, 0.15) is 0 Å². The molecule has 0 bridgehead atoms. The quantitative estimate of drug-likeness (QED) is 0.750. The zero-order valence-corrected chi connectivity index (χ0v) is 12.7. The Morgan fingerprint density at radius 2 is 1.53 bits per heavy atom. The van der Waals surface area contributed by atoms with Crippen molar-refractivity contribution in [1.82, 2.24) is 9.80 Å². The number of nitrogens with zero attached hydrogens (tertiary/aromatic N) is 2. The predicted molar refractivity (Wildman–Crippen MR) is 82.4 cm³/mol. The lowest BCUT2D eigenvalue weighted by Crippen LogP contribution is -2.34. The van der Waals surface area contributed by atoms with Crippen LogP contribution in [0.5, 0.6) is 0 Å². The summed E-state index contributed by atoms with van der Waals surface area (Å²) in [6.07, 6.45) is 11.2. The van der Waals surface area contributed by atoms with Crippen molar-refractivity contribution in [1.29, 1.82) is 0 Å². The van der Waals surface area contributed by atoms with Gasteiger partial charge in [0.05, 0.1) is 0 Å². The van der Waals surface area contributed by atoms with Gasteiger partial charge in [-0.25, -0.2) is 0 Å². The number of nitrogens with two attached hydrogens (primary N) is 1. The maximum atomic E-state index is 5.57. The van der Waals surface area contributed by atoms with Crippen molar-refractivity contribution in [2.24, 2.45) is 11.7 Å². The Morgan fingerprint density at radius 3 is 2.32 bits per heavy atom. The van der Waals surface area contributed by atoms with Gasteiger partial charge in [-0.3, -0.25) is 0 Å². The molecule has 1 saturated heterocycles. The highest BCUT2D eigenvalue weighted by atomic mass is 15.2. The standard InChI is InChI=1S/C16H33N3/c17-9-4-5-10-18-11-6-12-19(14-13-18)15-16-7-2-1-3-8-16/h16H,1-15,17H2.